The molecule has 0 fully saturated rings. The van der Waals surface area contributed by atoms with Crippen molar-refractivity contribution in [1.29, 1.82) is 0 Å². The van der Waals surface area contributed by atoms with Gasteiger partial charge in [0.15, 0.2) is 0 Å². The highest BCUT2D eigenvalue weighted by molar-refractivity contribution is 7.98. The zero-order chi connectivity index (χ0) is 15.1. The topological polar surface area (TPSA) is 28.2 Å². The Morgan fingerprint density at radius 3 is 2.86 bits per heavy atom. The zero-order valence-corrected chi connectivity index (χ0v) is 14.0. The van der Waals surface area contributed by atoms with Gasteiger partial charge in [0.2, 0.25) is 0 Å². The molecular formula is C17H25N3S. The van der Waals surface area contributed by atoms with Gasteiger partial charge < -0.3 is 10.2 Å². The van der Waals surface area contributed by atoms with Crippen LogP contribution in [0.2, 0.25) is 0 Å². The van der Waals surface area contributed by atoms with Crippen molar-refractivity contribution in [3.05, 3.63) is 36.0 Å². The van der Waals surface area contributed by atoms with Crippen LogP contribution in [0.15, 0.2) is 30.3 Å². The number of hydrogen-bond acceptors (Lipinski definition) is 4. The monoisotopic (exact) mass is 303 g/mol. The normalized spacial score (nSPS) is 11.0. The molecule has 0 saturated heterocycles. The van der Waals surface area contributed by atoms with Gasteiger partial charge in [-0.15, -0.1) is 0 Å². The van der Waals surface area contributed by atoms with Crippen LogP contribution in [0, 0.1) is 0 Å². The summed E-state index contributed by atoms with van der Waals surface area (Å²) in [6, 6.07) is 10.6. The third-order valence-electron chi connectivity index (χ3n) is 3.52. The second-order valence-electron chi connectivity index (χ2n) is 5.24. The predicted octanol–water partition coefficient (Wildman–Crippen LogP) is 3.53. The molecule has 114 valence electrons. The quantitative estimate of drug-likeness (QED) is 0.755. The summed E-state index contributed by atoms with van der Waals surface area (Å²) in [5.41, 5.74) is 3.48. The summed E-state index contributed by atoms with van der Waals surface area (Å²) in [4.78, 5) is 7.11. The van der Waals surface area contributed by atoms with Gasteiger partial charge in [-0.1, -0.05) is 25.1 Å². The Hall–Kier alpha value is -1.26. The van der Waals surface area contributed by atoms with Crippen molar-refractivity contribution in [1.82, 2.24) is 10.3 Å². The first-order valence-corrected chi connectivity index (χ1v) is 8.95. The highest BCUT2D eigenvalue weighted by atomic mass is 32.2. The van der Waals surface area contributed by atoms with E-state index in [-0.39, 0.29) is 0 Å². The Bertz CT molecular complexity index is 571. The number of nitrogens with one attached hydrogen (secondary N) is 1. The van der Waals surface area contributed by atoms with Crippen molar-refractivity contribution in [2.45, 2.75) is 19.9 Å². The minimum absolute atomic E-state index is 0.835. The van der Waals surface area contributed by atoms with Gasteiger partial charge in [0.05, 0.1) is 11.2 Å². The zero-order valence-electron chi connectivity index (χ0n) is 13.2. The van der Waals surface area contributed by atoms with E-state index in [1.54, 1.807) is 0 Å². The molecule has 1 N–H and O–H groups in total. The van der Waals surface area contributed by atoms with Crippen molar-refractivity contribution >= 4 is 28.4 Å². The molecule has 4 heteroatoms. The number of aromatic nitrogens is 1. The minimum Gasteiger partial charge on any atom is -0.373 e. The SMILES string of the molecule is CCCNCc1cc(N(C)CCSC)c2ccccc2n1. The van der Waals surface area contributed by atoms with Crippen molar-refractivity contribution < 1.29 is 0 Å². The highest BCUT2D eigenvalue weighted by Crippen LogP contribution is 2.26. The molecule has 0 aliphatic rings. The van der Waals surface area contributed by atoms with E-state index < -0.39 is 0 Å². The molecule has 0 amide bonds. The van der Waals surface area contributed by atoms with Gasteiger partial charge in [-0.05, 0) is 31.4 Å². The lowest BCUT2D eigenvalue weighted by molar-refractivity contribution is 0.666. The number of rotatable bonds is 8. The Labute approximate surface area is 132 Å². The van der Waals surface area contributed by atoms with Crippen LogP contribution in [-0.4, -0.2) is 37.1 Å². The van der Waals surface area contributed by atoms with Gasteiger partial charge in [-0.25, -0.2) is 0 Å². The first kappa shape index (κ1) is 16.1. The van der Waals surface area contributed by atoms with Crippen molar-refractivity contribution in [3.63, 3.8) is 0 Å². The number of para-hydroxylation sites is 1. The van der Waals surface area contributed by atoms with Crippen molar-refractivity contribution in [2.24, 2.45) is 0 Å². The molecule has 0 unspecified atom stereocenters. The molecule has 0 spiro atoms. The van der Waals surface area contributed by atoms with E-state index in [0.717, 1.165) is 43.0 Å². The molecule has 0 atom stereocenters. The maximum atomic E-state index is 4.78. The Balaban J connectivity index is 2.31. The number of fused-ring (bicyclic) bond motifs is 1. The fraction of sp³-hybridized carbons (Fsp3) is 0.471. The molecule has 1 aromatic carbocycles. The van der Waals surface area contributed by atoms with E-state index in [1.165, 1.54) is 11.1 Å². The lowest BCUT2D eigenvalue weighted by Gasteiger charge is -2.21. The first-order valence-electron chi connectivity index (χ1n) is 7.55. The molecule has 2 rings (SSSR count). The maximum Gasteiger partial charge on any atom is 0.0726 e. The second-order valence-corrected chi connectivity index (χ2v) is 6.23. The summed E-state index contributed by atoms with van der Waals surface area (Å²) >= 11 is 1.88. The summed E-state index contributed by atoms with van der Waals surface area (Å²) < 4.78 is 0. The number of anilines is 1. The van der Waals surface area contributed by atoms with Crippen molar-refractivity contribution in [3.8, 4) is 0 Å². The van der Waals surface area contributed by atoms with Gasteiger partial charge in [0.25, 0.3) is 0 Å². The Kier molecular flexibility index (Phi) is 6.33. The molecule has 21 heavy (non-hydrogen) atoms. The van der Waals surface area contributed by atoms with Gasteiger partial charge in [0.1, 0.15) is 0 Å². The lowest BCUT2D eigenvalue weighted by atomic mass is 10.1. The Morgan fingerprint density at radius 1 is 1.29 bits per heavy atom. The number of pyridine rings is 1. The van der Waals surface area contributed by atoms with Crippen LogP contribution >= 0.6 is 11.8 Å². The fourth-order valence-electron chi connectivity index (χ4n) is 2.36. The van der Waals surface area contributed by atoms with E-state index in [4.69, 9.17) is 4.98 Å². The summed E-state index contributed by atoms with van der Waals surface area (Å²) in [5.74, 6) is 1.14. The summed E-state index contributed by atoms with van der Waals surface area (Å²) in [6.07, 6.45) is 3.30. The molecule has 0 aliphatic carbocycles. The molecule has 0 aliphatic heterocycles. The third-order valence-corrected chi connectivity index (χ3v) is 4.11. The predicted molar refractivity (Wildman–Crippen MR) is 95.4 cm³/mol. The van der Waals surface area contributed by atoms with Crippen LogP contribution in [0.1, 0.15) is 19.0 Å². The molecule has 3 nitrogen and oxygen atoms in total. The molecule has 0 radical (unpaired) electrons. The average molecular weight is 303 g/mol. The maximum absolute atomic E-state index is 4.78. The van der Waals surface area contributed by atoms with E-state index in [2.05, 4.69) is 60.8 Å². The van der Waals surface area contributed by atoms with E-state index in [9.17, 15) is 0 Å². The highest BCUT2D eigenvalue weighted by Gasteiger charge is 2.09. The molecular weight excluding hydrogens is 278 g/mol. The van der Waals surface area contributed by atoms with E-state index in [1.807, 2.05) is 11.8 Å². The van der Waals surface area contributed by atoms with E-state index >= 15 is 0 Å². The molecule has 1 heterocycles. The van der Waals surface area contributed by atoms with Crippen LogP contribution in [0.4, 0.5) is 5.69 Å². The Morgan fingerprint density at radius 2 is 2.10 bits per heavy atom. The smallest absolute Gasteiger partial charge is 0.0726 e. The van der Waals surface area contributed by atoms with Crippen LogP contribution in [-0.2, 0) is 6.54 Å². The fourth-order valence-corrected chi connectivity index (χ4v) is 2.82. The standard InChI is InChI=1S/C17H25N3S/c1-4-9-18-13-14-12-17(20(2)10-11-21-3)15-7-5-6-8-16(15)19-14/h5-8,12,18H,4,9-11,13H2,1-3H3. The summed E-state index contributed by atoms with van der Waals surface area (Å²) in [7, 11) is 2.17. The second kappa shape index (κ2) is 8.25. The first-order chi connectivity index (χ1) is 10.3. The largest absolute Gasteiger partial charge is 0.373 e. The van der Waals surface area contributed by atoms with Crippen LogP contribution < -0.4 is 10.2 Å². The third kappa shape index (κ3) is 4.35. The number of nitrogens with zero attached hydrogens (tertiary/aromatic N) is 2. The average Bonchev–Trinajstić information content (AvgIpc) is 2.52. The summed E-state index contributed by atoms with van der Waals surface area (Å²) in [5, 5.41) is 4.68. The lowest BCUT2D eigenvalue weighted by Crippen LogP contribution is -2.21. The molecule has 0 bridgehead atoms. The molecule has 2 aromatic rings. The minimum atomic E-state index is 0.835. The van der Waals surface area contributed by atoms with E-state index in [0.29, 0.717) is 0 Å². The van der Waals surface area contributed by atoms with Crippen LogP contribution in [0.25, 0.3) is 10.9 Å². The van der Waals surface area contributed by atoms with Gasteiger partial charge >= 0.3 is 0 Å². The van der Waals surface area contributed by atoms with Crippen LogP contribution in [0.3, 0.4) is 0 Å². The molecule has 1 aromatic heterocycles. The van der Waals surface area contributed by atoms with Crippen molar-refractivity contribution in [2.75, 3.05) is 37.0 Å². The number of thioether (sulfide) groups is 1. The van der Waals surface area contributed by atoms with Gasteiger partial charge in [-0.2, -0.15) is 11.8 Å². The van der Waals surface area contributed by atoms with Gasteiger partial charge in [-0.3, -0.25) is 4.98 Å². The number of benzene rings is 1. The van der Waals surface area contributed by atoms with Gasteiger partial charge in [0, 0.05) is 37.0 Å². The summed E-state index contributed by atoms with van der Waals surface area (Å²) in [6.45, 7) is 5.10. The number of hydrogen-bond donors (Lipinski definition) is 1. The molecule has 0 saturated carbocycles. The van der Waals surface area contributed by atoms with Crippen LogP contribution in [0.5, 0.6) is 0 Å².